The van der Waals surface area contributed by atoms with E-state index in [1.54, 1.807) is 23.0 Å². The number of nitrogens with one attached hydrogen (secondary N) is 1. The van der Waals surface area contributed by atoms with Gasteiger partial charge in [-0.15, -0.1) is 0 Å². The van der Waals surface area contributed by atoms with E-state index >= 15 is 0 Å². The van der Waals surface area contributed by atoms with Gasteiger partial charge in [-0.2, -0.15) is 4.83 Å². The molecule has 1 rings (SSSR count). The molecule has 0 heterocycles. The highest BCUT2D eigenvalue weighted by Crippen LogP contribution is 2.09. The first-order chi connectivity index (χ1) is 6.10. The van der Waals surface area contributed by atoms with E-state index in [4.69, 9.17) is 5.84 Å². The monoisotopic (exact) mass is 198 g/mol. The molecule has 0 atom stereocenters. The van der Waals surface area contributed by atoms with Gasteiger partial charge in [0.2, 0.25) is 0 Å². The van der Waals surface area contributed by atoms with E-state index in [9.17, 15) is 8.42 Å². The Hall–Kier alpha value is -1.17. The van der Waals surface area contributed by atoms with Crippen LogP contribution in [0.25, 0.3) is 6.08 Å². The molecule has 0 saturated carbocycles. The van der Waals surface area contributed by atoms with Crippen LogP contribution in [-0.2, 0) is 10.0 Å². The molecule has 0 aromatic heterocycles. The van der Waals surface area contributed by atoms with Crippen molar-refractivity contribution in [1.29, 1.82) is 0 Å². The SMILES string of the molecule is C=Cc1ccc(S(=O)(=O)NN)cc1. The Labute approximate surface area is 77.1 Å². The molecule has 5 heteroatoms. The first-order valence-electron chi connectivity index (χ1n) is 3.55. The van der Waals surface area contributed by atoms with Crippen LogP contribution in [0, 0.1) is 0 Å². The molecule has 1 aromatic rings. The fourth-order valence-electron chi connectivity index (χ4n) is 0.851. The Morgan fingerprint density at radius 1 is 1.31 bits per heavy atom. The number of hydrogen-bond donors (Lipinski definition) is 2. The molecule has 3 N–H and O–H groups in total. The maximum Gasteiger partial charge on any atom is 0.253 e. The van der Waals surface area contributed by atoms with E-state index in [0.29, 0.717) is 0 Å². The minimum Gasteiger partial charge on any atom is -0.257 e. The summed E-state index contributed by atoms with van der Waals surface area (Å²) in [6.07, 6.45) is 1.63. The van der Waals surface area contributed by atoms with E-state index in [-0.39, 0.29) is 4.90 Å². The number of sulfonamides is 1. The Kier molecular flexibility index (Phi) is 2.82. The number of rotatable bonds is 3. The van der Waals surface area contributed by atoms with Gasteiger partial charge >= 0.3 is 0 Å². The molecule has 0 unspecified atom stereocenters. The summed E-state index contributed by atoms with van der Waals surface area (Å²) in [5.41, 5.74) is 0.857. The highest BCUT2D eigenvalue weighted by atomic mass is 32.2. The minimum absolute atomic E-state index is 0.139. The lowest BCUT2D eigenvalue weighted by Crippen LogP contribution is -2.30. The van der Waals surface area contributed by atoms with Crippen molar-refractivity contribution in [2.24, 2.45) is 5.84 Å². The second-order valence-corrected chi connectivity index (χ2v) is 4.11. The third-order valence-corrected chi connectivity index (χ3v) is 2.78. The van der Waals surface area contributed by atoms with Crippen molar-refractivity contribution >= 4 is 16.1 Å². The summed E-state index contributed by atoms with van der Waals surface area (Å²) >= 11 is 0. The van der Waals surface area contributed by atoms with Crippen LogP contribution in [0.1, 0.15) is 5.56 Å². The standard InChI is InChI=1S/C8H10N2O2S/c1-2-7-3-5-8(6-4-7)13(11,12)10-9/h2-6,10H,1,9H2. The summed E-state index contributed by atoms with van der Waals surface area (Å²) in [5, 5.41) is 0. The van der Waals surface area contributed by atoms with E-state index in [1.165, 1.54) is 12.1 Å². The van der Waals surface area contributed by atoms with Gasteiger partial charge in [0.25, 0.3) is 10.0 Å². The minimum atomic E-state index is -3.53. The number of hydrazine groups is 1. The maximum absolute atomic E-state index is 11.1. The second kappa shape index (κ2) is 3.69. The van der Waals surface area contributed by atoms with Crippen molar-refractivity contribution in [3.63, 3.8) is 0 Å². The summed E-state index contributed by atoms with van der Waals surface area (Å²) in [5.74, 6) is 4.85. The van der Waals surface area contributed by atoms with Gasteiger partial charge in [-0.1, -0.05) is 24.8 Å². The molecule has 0 radical (unpaired) electrons. The fourth-order valence-corrected chi connectivity index (χ4v) is 1.48. The number of nitrogens with two attached hydrogens (primary N) is 1. The Morgan fingerprint density at radius 3 is 2.23 bits per heavy atom. The van der Waals surface area contributed by atoms with E-state index < -0.39 is 10.0 Å². The topological polar surface area (TPSA) is 72.2 Å². The molecule has 0 bridgehead atoms. The molecule has 1 aromatic carbocycles. The Balaban J connectivity index is 3.13. The predicted molar refractivity (Wildman–Crippen MR) is 51.0 cm³/mol. The summed E-state index contributed by atoms with van der Waals surface area (Å²) in [4.78, 5) is 1.88. The van der Waals surface area contributed by atoms with Gasteiger partial charge in [-0.25, -0.2) is 8.42 Å². The normalized spacial score (nSPS) is 11.2. The quantitative estimate of drug-likeness (QED) is 0.548. The third kappa shape index (κ3) is 2.15. The number of benzene rings is 1. The van der Waals surface area contributed by atoms with Crippen molar-refractivity contribution in [1.82, 2.24) is 4.83 Å². The van der Waals surface area contributed by atoms with Crippen molar-refractivity contribution in [2.45, 2.75) is 4.90 Å². The van der Waals surface area contributed by atoms with Gasteiger partial charge in [-0.05, 0) is 17.7 Å². The van der Waals surface area contributed by atoms with Crippen LogP contribution in [0.5, 0.6) is 0 Å². The van der Waals surface area contributed by atoms with Crippen molar-refractivity contribution in [3.05, 3.63) is 36.4 Å². The summed E-state index contributed by atoms with van der Waals surface area (Å²) in [7, 11) is -3.53. The summed E-state index contributed by atoms with van der Waals surface area (Å²) < 4.78 is 22.3. The van der Waals surface area contributed by atoms with Gasteiger partial charge in [-0.3, -0.25) is 5.84 Å². The Morgan fingerprint density at radius 2 is 1.85 bits per heavy atom. The molecule has 13 heavy (non-hydrogen) atoms. The van der Waals surface area contributed by atoms with E-state index in [0.717, 1.165) is 5.56 Å². The van der Waals surface area contributed by atoms with Gasteiger partial charge < -0.3 is 0 Å². The lowest BCUT2D eigenvalue weighted by atomic mass is 10.2. The molecule has 0 saturated heterocycles. The molecule has 0 fully saturated rings. The van der Waals surface area contributed by atoms with E-state index in [1.807, 2.05) is 0 Å². The van der Waals surface area contributed by atoms with Crippen molar-refractivity contribution in [2.75, 3.05) is 0 Å². The molecule has 70 valence electrons. The molecular weight excluding hydrogens is 188 g/mol. The summed E-state index contributed by atoms with van der Waals surface area (Å²) in [6.45, 7) is 3.55. The van der Waals surface area contributed by atoms with Crippen LogP contribution < -0.4 is 10.7 Å². The average Bonchev–Trinajstić information content (AvgIpc) is 2.18. The maximum atomic E-state index is 11.1. The lowest BCUT2D eigenvalue weighted by molar-refractivity contribution is 0.584. The zero-order valence-electron chi connectivity index (χ0n) is 6.90. The van der Waals surface area contributed by atoms with Crippen LogP contribution in [0.4, 0.5) is 0 Å². The van der Waals surface area contributed by atoms with E-state index in [2.05, 4.69) is 6.58 Å². The highest BCUT2D eigenvalue weighted by molar-refractivity contribution is 7.89. The van der Waals surface area contributed by atoms with Crippen LogP contribution in [0.2, 0.25) is 0 Å². The largest absolute Gasteiger partial charge is 0.257 e. The summed E-state index contributed by atoms with van der Waals surface area (Å²) in [6, 6.07) is 6.23. The second-order valence-electron chi connectivity index (χ2n) is 2.39. The van der Waals surface area contributed by atoms with Crippen LogP contribution in [0.3, 0.4) is 0 Å². The molecule has 0 aliphatic carbocycles. The molecule has 0 aliphatic rings. The van der Waals surface area contributed by atoms with Crippen LogP contribution >= 0.6 is 0 Å². The van der Waals surface area contributed by atoms with Crippen LogP contribution in [0.15, 0.2) is 35.7 Å². The zero-order valence-corrected chi connectivity index (χ0v) is 7.71. The highest BCUT2D eigenvalue weighted by Gasteiger charge is 2.09. The first-order valence-corrected chi connectivity index (χ1v) is 5.03. The van der Waals surface area contributed by atoms with Gasteiger partial charge in [0.1, 0.15) is 0 Å². The molecule has 0 amide bonds. The first kappa shape index (κ1) is 9.91. The van der Waals surface area contributed by atoms with Gasteiger partial charge in [0, 0.05) is 0 Å². The molecular formula is C8H10N2O2S. The molecule has 0 aliphatic heterocycles. The van der Waals surface area contributed by atoms with Gasteiger partial charge in [0.05, 0.1) is 4.90 Å². The zero-order chi connectivity index (χ0) is 9.90. The van der Waals surface area contributed by atoms with Crippen molar-refractivity contribution in [3.8, 4) is 0 Å². The fraction of sp³-hybridized carbons (Fsp3) is 0. The van der Waals surface area contributed by atoms with Crippen molar-refractivity contribution < 1.29 is 8.42 Å². The third-order valence-electron chi connectivity index (χ3n) is 1.58. The number of hydrogen-bond acceptors (Lipinski definition) is 3. The lowest BCUT2D eigenvalue weighted by Gasteiger charge is -2.01. The average molecular weight is 198 g/mol. The predicted octanol–water partition coefficient (Wildman–Crippen LogP) is 0.482. The molecule has 0 spiro atoms. The smallest absolute Gasteiger partial charge is 0.253 e. The van der Waals surface area contributed by atoms with Gasteiger partial charge in [0.15, 0.2) is 0 Å². The Bertz CT molecular complexity index is 395. The molecule has 4 nitrogen and oxygen atoms in total. The van der Waals surface area contributed by atoms with Crippen LogP contribution in [-0.4, -0.2) is 8.42 Å².